The van der Waals surface area contributed by atoms with Gasteiger partial charge in [0.25, 0.3) is 0 Å². The second kappa shape index (κ2) is 27.1. The summed E-state index contributed by atoms with van der Waals surface area (Å²) in [7, 11) is -4.23. The van der Waals surface area contributed by atoms with Gasteiger partial charge < -0.3 is 20.1 Å². The molecule has 0 aromatic rings. The molecule has 9 heteroatoms. The number of esters is 1. The molecule has 222 valence electrons. The van der Waals surface area contributed by atoms with E-state index in [1.807, 2.05) is 6.92 Å². The Hall–Kier alpha value is -0.500. The molecule has 0 aliphatic heterocycles. The molecule has 8 nitrogen and oxygen atoms in total. The van der Waals surface area contributed by atoms with Crippen molar-refractivity contribution in [1.82, 2.24) is 0 Å². The largest absolute Gasteiger partial charge is 0.472 e. The average Bonchev–Trinajstić information content (AvgIpc) is 2.87. The van der Waals surface area contributed by atoms with Gasteiger partial charge in [0.1, 0.15) is 6.10 Å². The van der Waals surface area contributed by atoms with E-state index >= 15 is 0 Å². The van der Waals surface area contributed by atoms with Crippen LogP contribution in [-0.4, -0.2) is 49.9 Å². The molecule has 0 amide bonds. The summed E-state index contributed by atoms with van der Waals surface area (Å²) >= 11 is 0. The Kier molecular flexibility index (Phi) is 26.7. The highest BCUT2D eigenvalue weighted by atomic mass is 31.2. The van der Waals surface area contributed by atoms with E-state index < -0.39 is 13.9 Å². The standard InChI is InChI=1S/C28H58NO7P/c1-3-5-6-7-8-9-10-11-12-13-14-15-16-17-18-19-20-23-33-25-27(36-28(30)21-4-2)26-35-37(31,32)34-24-22-29/h27H,3-26,29H2,1-2H3,(H,31,32). The van der Waals surface area contributed by atoms with Crippen LogP contribution in [-0.2, 0) is 27.9 Å². The van der Waals surface area contributed by atoms with Crippen LogP contribution >= 0.6 is 7.82 Å². The van der Waals surface area contributed by atoms with Crippen LogP contribution in [0.5, 0.6) is 0 Å². The average molecular weight is 552 g/mol. The zero-order chi connectivity index (χ0) is 27.5. The summed E-state index contributed by atoms with van der Waals surface area (Å²) in [4.78, 5) is 21.5. The van der Waals surface area contributed by atoms with Crippen LogP contribution in [0.3, 0.4) is 0 Å². The van der Waals surface area contributed by atoms with Crippen LogP contribution in [0.4, 0.5) is 0 Å². The molecule has 0 aromatic heterocycles. The fourth-order valence-corrected chi connectivity index (χ4v) is 4.86. The van der Waals surface area contributed by atoms with Gasteiger partial charge in [-0.25, -0.2) is 4.57 Å². The van der Waals surface area contributed by atoms with E-state index in [-0.39, 0.29) is 38.8 Å². The number of carbonyl (C=O) groups excluding carboxylic acids is 1. The van der Waals surface area contributed by atoms with Crippen molar-refractivity contribution in [1.29, 1.82) is 0 Å². The Morgan fingerprint density at radius 3 is 1.65 bits per heavy atom. The van der Waals surface area contributed by atoms with E-state index in [1.165, 1.54) is 96.3 Å². The minimum atomic E-state index is -4.23. The van der Waals surface area contributed by atoms with Gasteiger partial charge in [-0.1, -0.05) is 117 Å². The Morgan fingerprint density at radius 1 is 0.703 bits per heavy atom. The lowest BCUT2D eigenvalue weighted by Gasteiger charge is -2.19. The summed E-state index contributed by atoms with van der Waals surface area (Å²) in [6.45, 7) is 4.56. The maximum Gasteiger partial charge on any atom is 0.472 e. The minimum Gasteiger partial charge on any atom is -0.457 e. The molecule has 2 atom stereocenters. The van der Waals surface area contributed by atoms with Crippen LogP contribution < -0.4 is 5.73 Å². The number of hydrogen-bond acceptors (Lipinski definition) is 7. The summed E-state index contributed by atoms with van der Waals surface area (Å²) in [5.74, 6) is -0.381. The highest BCUT2D eigenvalue weighted by Crippen LogP contribution is 2.43. The van der Waals surface area contributed by atoms with Gasteiger partial charge in [-0.05, 0) is 12.8 Å². The number of unbranched alkanes of at least 4 members (excludes halogenated alkanes) is 16. The molecule has 0 saturated carbocycles. The predicted molar refractivity (Wildman–Crippen MR) is 151 cm³/mol. The Morgan fingerprint density at radius 2 is 1.19 bits per heavy atom. The van der Waals surface area contributed by atoms with Crippen molar-refractivity contribution in [3.63, 3.8) is 0 Å². The summed E-state index contributed by atoms with van der Waals surface area (Å²) in [6.07, 6.45) is 22.7. The lowest BCUT2D eigenvalue weighted by Crippen LogP contribution is -2.28. The SMILES string of the molecule is CCCCCCCCCCCCCCCCCCCOCC(COP(=O)(O)OCCN)OC(=O)CCC. The summed E-state index contributed by atoms with van der Waals surface area (Å²) in [6, 6.07) is 0. The van der Waals surface area contributed by atoms with Crippen molar-refractivity contribution in [2.24, 2.45) is 5.73 Å². The summed E-state index contributed by atoms with van der Waals surface area (Å²) in [5, 5.41) is 0. The molecular formula is C28H58NO7P. The van der Waals surface area contributed by atoms with Crippen molar-refractivity contribution in [2.75, 3.05) is 33.0 Å². The minimum absolute atomic E-state index is 0.0934. The second-order valence-corrected chi connectivity index (χ2v) is 11.4. The quantitative estimate of drug-likeness (QED) is 0.0559. The van der Waals surface area contributed by atoms with E-state index in [2.05, 4.69) is 6.92 Å². The third kappa shape index (κ3) is 26.9. The first-order valence-electron chi connectivity index (χ1n) is 15.0. The van der Waals surface area contributed by atoms with Gasteiger partial charge >= 0.3 is 13.8 Å². The van der Waals surface area contributed by atoms with E-state index in [4.69, 9.17) is 24.3 Å². The third-order valence-electron chi connectivity index (χ3n) is 6.24. The van der Waals surface area contributed by atoms with Gasteiger partial charge in [0.15, 0.2) is 0 Å². The molecule has 3 N–H and O–H groups in total. The van der Waals surface area contributed by atoms with E-state index in [0.29, 0.717) is 13.0 Å². The van der Waals surface area contributed by atoms with Gasteiger partial charge in [0.2, 0.25) is 0 Å². The third-order valence-corrected chi connectivity index (χ3v) is 7.23. The number of ether oxygens (including phenoxy) is 2. The van der Waals surface area contributed by atoms with Crippen LogP contribution in [0.15, 0.2) is 0 Å². The van der Waals surface area contributed by atoms with Crippen molar-refractivity contribution in [3.8, 4) is 0 Å². The van der Waals surface area contributed by atoms with Crippen molar-refractivity contribution < 1.29 is 32.8 Å². The van der Waals surface area contributed by atoms with Crippen LogP contribution in [0.1, 0.15) is 136 Å². The smallest absolute Gasteiger partial charge is 0.457 e. The molecule has 37 heavy (non-hydrogen) atoms. The molecule has 0 rings (SSSR count). The van der Waals surface area contributed by atoms with Gasteiger partial charge in [-0.3, -0.25) is 13.8 Å². The molecule has 2 unspecified atom stereocenters. The van der Waals surface area contributed by atoms with E-state index in [0.717, 1.165) is 12.8 Å². The van der Waals surface area contributed by atoms with Crippen LogP contribution in [0.2, 0.25) is 0 Å². The van der Waals surface area contributed by atoms with Crippen molar-refractivity contribution >= 4 is 13.8 Å². The maximum absolute atomic E-state index is 11.8. The van der Waals surface area contributed by atoms with Gasteiger partial charge in [-0.15, -0.1) is 0 Å². The first-order chi connectivity index (χ1) is 17.9. The first kappa shape index (κ1) is 36.5. The topological polar surface area (TPSA) is 117 Å². The Labute approximate surface area is 227 Å². The van der Waals surface area contributed by atoms with Crippen LogP contribution in [0.25, 0.3) is 0 Å². The van der Waals surface area contributed by atoms with Crippen LogP contribution in [0, 0.1) is 0 Å². The summed E-state index contributed by atoms with van der Waals surface area (Å²) in [5.41, 5.74) is 5.27. The molecule has 0 saturated heterocycles. The molecule has 0 heterocycles. The van der Waals surface area contributed by atoms with Gasteiger partial charge in [-0.2, -0.15) is 0 Å². The molecule has 0 radical (unpaired) electrons. The Balaban J connectivity index is 3.70. The van der Waals surface area contributed by atoms with Crippen molar-refractivity contribution in [3.05, 3.63) is 0 Å². The fourth-order valence-electron chi connectivity index (χ4n) is 4.09. The maximum atomic E-state index is 11.8. The van der Waals surface area contributed by atoms with Gasteiger partial charge in [0.05, 0.1) is 19.8 Å². The van der Waals surface area contributed by atoms with E-state index in [9.17, 15) is 14.3 Å². The molecule has 0 aliphatic rings. The lowest BCUT2D eigenvalue weighted by molar-refractivity contribution is -0.154. The molecule has 0 aromatic carbocycles. The van der Waals surface area contributed by atoms with E-state index in [1.54, 1.807) is 0 Å². The summed E-state index contributed by atoms with van der Waals surface area (Å²) < 4.78 is 32.4. The lowest BCUT2D eigenvalue weighted by atomic mass is 10.0. The molecule has 0 aliphatic carbocycles. The Bertz CT molecular complexity index is 551. The van der Waals surface area contributed by atoms with Crippen molar-refractivity contribution in [2.45, 2.75) is 142 Å². The predicted octanol–water partition coefficient (Wildman–Crippen LogP) is 7.46. The zero-order valence-corrected chi connectivity index (χ0v) is 24.9. The fraction of sp³-hybridized carbons (Fsp3) is 0.964. The number of hydrogen-bond donors (Lipinski definition) is 2. The first-order valence-corrected chi connectivity index (χ1v) is 16.5. The molecule has 0 spiro atoms. The number of phosphoric ester groups is 1. The number of carbonyl (C=O) groups is 1. The highest BCUT2D eigenvalue weighted by Gasteiger charge is 2.25. The molecule has 0 bridgehead atoms. The zero-order valence-electron chi connectivity index (χ0n) is 24.0. The number of nitrogens with two attached hydrogens (primary N) is 1. The molecular weight excluding hydrogens is 493 g/mol. The van der Waals surface area contributed by atoms with Gasteiger partial charge in [0, 0.05) is 19.6 Å². The normalized spacial score (nSPS) is 13.9. The second-order valence-electron chi connectivity index (χ2n) is 9.98. The number of rotatable bonds is 29. The number of phosphoric acid groups is 1. The molecule has 0 fully saturated rings. The highest BCUT2D eigenvalue weighted by molar-refractivity contribution is 7.47. The monoisotopic (exact) mass is 551 g/mol.